The summed E-state index contributed by atoms with van der Waals surface area (Å²) >= 11 is 5.90. The maximum absolute atomic E-state index is 12.2. The van der Waals surface area contributed by atoms with Gasteiger partial charge in [-0.15, -0.1) is 0 Å². The van der Waals surface area contributed by atoms with E-state index in [0.717, 1.165) is 18.9 Å². The predicted molar refractivity (Wildman–Crippen MR) is 103 cm³/mol. The summed E-state index contributed by atoms with van der Waals surface area (Å²) in [6.45, 7) is 2.58. The summed E-state index contributed by atoms with van der Waals surface area (Å²) in [7, 11) is 0. The Balaban J connectivity index is 2.06. The molecule has 1 amide bonds. The molecule has 0 fully saturated rings. The van der Waals surface area contributed by atoms with E-state index in [4.69, 9.17) is 21.4 Å². The maximum Gasteiger partial charge on any atom is 0.335 e. The number of carbonyl (C=O) groups is 4. The quantitative estimate of drug-likeness (QED) is 0.286. The first-order chi connectivity index (χ1) is 13.3. The summed E-state index contributed by atoms with van der Waals surface area (Å²) < 4.78 is 5.47. The molecule has 8 heteroatoms. The molecular formula is C20H18ClNO6. The Morgan fingerprint density at radius 1 is 1.04 bits per heavy atom. The molecule has 0 radical (unpaired) electrons. The number of carboxylic acids is 1. The molecule has 7 nitrogen and oxygen atoms in total. The van der Waals surface area contributed by atoms with Crippen LogP contribution in [-0.2, 0) is 9.59 Å². The van der Waals surface area contributed by atoms with Crippen LogP contribution in [0.2, 0.25) is 5.02 Å². The van der Waals surface area contributed by atoms with Gasteiger partial charge in [-0.3, -0.25) is 14.4 Å². The largest absolute Gasteiger partial charge is 0.494 e. The lowest BCUT2D eigenvalue weighted by atomic mass is 10.1. The second-order valence-electron chi connectivity index (χ2n) is 5.84. The molecule has 0 bridgehead atoms. The number of unbranched alkanes of at least 4 members (excludes halogenated alkanes) is 1. The molecule has 0 atom stereocenters. The van der Waals surface area contributed by atoms with E-state index in [1.807, 2.05) is 6.92 Å². The van der Waals surface area contributed by atoms with Gasteiger partial charge in [0.15, 0.2) is 0 Å². The first-order valence-electron chi connectivity index (χ1n) is 8.49. The number of halogens is 1. The number of carboxylic acid groups (broad SMARTS) is 1. The van der Waals surface area contributed by atoms with Gasteiger partial charge in [-0.2, -0.15) is 0 Å². The highest BCUT2D eigenvalue weighted by molar-refractivity contribution is 6.68. The standard InChI is InChI=1S/C20H18ClNO6/c1-2-3-10-28-14-7-4-12(5-8-14)17(23)18(24)19(25)22-16-11-13(20(26)27)6-9-15(16)21/h4-9,11H,2-3,10H2,1H3,(H,22,25)(H,26,27). The van der Waals surface area contributed by atoms with Gasteiger partial charge in [0, 0.05) is 5.56 Å². The van der Waals surface area contributed by atoms with E-state index in [1.54, 1.807) is 12.1 Å². The first kappa shape index (κ1) is 21.1. The monoisotopic (exact) mass is 403 g/mol. The van der Waals surface area contributed by atoms with Gasteiger partial charge in [-0.25, -0.2) is 4.79 Å². The van der Waals surface area contributed by atoms with E-state index < -0.39 is 23.4 Å². The number of aromatic carboxylic acids is 1. The molecule has 146 valence electrons. The van der Waals surface area contributed by atoms with Crippen LogP contribution in [0, 0.1) is 0 Å². The molecule has 0 aliphatic rings. The van der Waals surface area contributed by atoms with Gasteiger partial charge in [0.25, 0.3) is 11.7 Å². The SMILES string of the molecule is CCCCOc1ccc(C(=O)C(=O)C(=O)Nc2cc(C(=O)O)ccc2Cl)cc1. The molecule has 0 aliphatic heterocycles. The average Bonchev–Trinajstić information content (AvgIpc) is 2.69. The van der Waals surface area contributed by atoms with Gasteiger partial charge < -0.3 is 15.2 Å². The average molecular weight is 404 g/mol. The molecular weight excluding hydrogens is 386 g/mol. The van der Waals surface area contributed by atoms with Gasteiger partial charge in [-0.05, 0) is 48.9 Å². The number of amides is 1. The molecule has 0 saturated carbocycles. The smallest absolute Gasteiger partial charge is 0.335 e. The van der Waals surface area contributed by atoms with Crippen LogP contribution in [0.4, 0.5) is 5.69 Å². The lowest BCUT2D eigenvalue weighted by Crippen LogP contribution is -2.30. The third kappa shape index (κ3) is 5.40. The van der Waals surface area contributed by atoms with Crippen molar-refractivity contribution in [3.8, 4) is 5.75 Å². The number of rotatable bonds is 9. The molecule has 28 heavy (non-hydrogen) atoms. The second kappa shape index (κ2) is 9.66. The molecule has 0 unspecified atom stereocenters. The lowest BCUT2D eigenvalue weighted by molar-refractivity contribution is -0.132. The summed E-state index contributed by atoms with van der Waals surface area (Å²) in [4.78, 5) is 47.4. The number of ether oxygens (including phenoxy) is 1. The number of nitrogens with one attached hydrogen (secondary N) is 1. The Morgan fingerprint density at radius 2 is 1.68 bits per heavy atom. The van der Waals surface area contributed by atoms with Crippen LogP contribution in [0.15, 0.2) is 42.5 Å². The first-order valence-corrected chi connectivity index (χ1v) is 8.87. The van der Waals surface area contributed by atoms with Crippen molar-refractivity contribution in [2.24, 2.45) is 0 Å². The molecule has 0 spiro atoms. The van der Waals surface area contributed by atoms with Crippen molar-refractivity contribution in [2.75, 3.05) is 11.9 Å². The predicted octanol–water partition coefficient (Wildman–Crippen LogP) is 3.61. The highest BCUT2D eigenvalue weighted by Gasteiger charge is 2.25. The third-order valence-electron chi connectivity index (χ3n) is 3.76. The van der Waals surface area contributed by atoms with Crippen molar-refractivity contribution in [1.29, 1.82) is 0 Å². The minimum Gasteiger partial charge on any atom is -0.494 e. The number of ketones is 2. The highest BCUT2D eigenvalue weighted by atomic mass is 35.5. The van der Waals surface area contributed by atoms with E-state index in [-0.39, 0.29) is 21.8 Å². The van der Waals surface area contributed by atoms with Crippen LogP contribution in [0.3, 0.4) is 0 Å². The van der Waals surface area contributed by atoms with E-state index in [9.17, 15) is 19.2 Å². The Labute approximate surface area is 166 Å². The van der Waals surface area contributed by atoms with Gasteiger partial charge in [0.05, 0.1) is 22.9 Å². The Morgan fingerprint density at radius 3 is 2.29 bits per heavy atom. The van der Waals surface area contributed by atoms with Crippen LogP contribution < -0.4 is 10.1 Å². The van der Waals surface area contributed by atoms with Crippen LogP contribution in [0.25, 0.3) is 0 Å². The fourth-order valence-electron chi connectivity index (χ4n) is 2.20. The van der Waals surface area contributed by atoms with Crippen molar-refractivity contribution in [2.45, 2.75) is 19.8 Å². The van der Waals surface area contributed by atoms with Gasteiger partial charge >= 0.3 is 5.97 Å². The fourth-order valence-corrected chi connectivity index (χ4v) is 2.37. The Hall–Kier alpha value is -3.19. The zero-order chi connectivity index (χ0) is 20.7. The summed E-state index contributed by atoms with van der Waals surface area (Å²) in [5.74, 6) is -4.17. The van der Waals surface area contributed by atoms with Crippen molar-refractivity contribution >= 4 is 40.7 Å². The molecule has 0 aliphatic carbocycles. The molecule has 0 saturated heterocycles. The summed E-state index contributed by atoms with van der Waals surface area (Å²) in [6, 6.07) is 9.49. The number of hydrogen-bond acceptors (Lipinski definition) is 5. The van der Waals surface area contributed by atoms with E-state index in [1.165, 1.54) is 24.3 Å². The molecule has 2 rings (SSSR count). The number of hydrogen-bond donors (Lipinski definition) is 2. The summed E-state index contributed by atoms with van der Waals surface area (Å²) in [6.07, 6.45) is 1.88. The van der Waals surface area contributed by atoms with Crippen LogP contribution in [-0.4, -0.2) is 35.2 Å². The molecule has 2 N–H and O–H groups in total. The zero-order valence-electron chi connectivity index (χ0n) is 15.0. The fraction of sp³-hybridized carbons (Fsp3) is 0.200. The van der Waals surface area contributed by atoms with E-state index >= 15 is 0 Å². The van der Waals surface area contributed by atoms with Crippen molar-refractivity contribution < 1.29 is 29.0 Å². The van der Waals surface area contributed by atoms with Crippen LogP contribution >= 0.6 is 11.6 Å². The molecule has 0 heterocycles. The number of Topliss-reactive ketones (excluding diaryl/α,β-unsaturated/α-hetero) is 2. The zero-order valence-corrected chi connectivity index (χ0v) is 15.8. The normalized spacial score (nSPS) is 10.2. The topological polar surface area (TPSA) is 110 Å². The summed E-state index contributed by atoms with van der Waals surface area (Å²) in [5, 5.41) is 11.2. The van der Waals surface area contributed by atoms with Crippen molar-refractivity contribution in [3.63, 3.8) is 0 Å². The number of benzene rings is 2. The lowest BCUT2D eigenvalue weighted by Gasteiger charge is -2.08. The second-order valence-corrected chi connectivity index (χ2v) is 6.25. The number of anilines is 1. The molecule has 2 aromatic carbocycles. The maximum atomic E-state index is 12.2. The minimum atomic E-state index is -1.29. The minimum absolute atomic E-state index is 0.0344. The molecule has 2 aromatic rings. The van der Waals surface area contributed by atoms with Gasteiger partial charge in [-0.1, -0.05) is 24.9 Å². The third-order valence-corrected chi connectivity index (χ3v) is 4.09. The van der Waals surface area contributed by atoms with Crippen molar-refractivity contribution in [3.05, 3.63) is 58.6 Å². The molecule has 0 aromatic heterocycles. The van der Waals surface area contributed by atoms with E-state index in [2.05, 4.69) is 5.32 Å². The Bertz CT molecular complexity index is 907. The van der Waals surface area contributed by atoms with Crippen LogP contribution in [0.1, 0.15) is 40.5 Å². The van der Waals surface area contributed by atoms with Crippen molar-refractivity contribution in [1.82, 2.24) is 0 Å². The Kier molecular flexibility index (Phi) is 7.28. The highest BCUT2D eigenvalue weighted by Crippen LogP contribution is 2.23. The van der Waals surface area contributed by atoms with E-state index in [0.29, 0.717) is 12.4 Å². The summed E-state index contributed by atoms with van der Waals surface area (Å²) in [5.41, 5.74) is -0.169. The van der Waals surface area contributed by atoms with Gasteiger partial charge in [0.1, 0.15) is 5.75 Å². The van der Waals surface area contributed by atoms with Crippen LogP contribution in [0.5, 0.6) is 5.75 Å². The van der Waals surface area contributed by atoms with Gasteiger partial charge in [0.2, 0.25) is 5.78 Å². The number of carbonyl (C=O) groups excluding carboxylic acids is 3.